The molecule has 0 spiro atoms. The van der Waals surface area contributed by atoms with Crippen LogP contribution in [0.4, 0.5) is 11.4 Å². The third kappa shape index (κ3) is 4.09. The summed E-state index contributed by atoms with van der Waals surface area (Å²) in [4.78, 5) is 0. The third-order valence-electron chi connectivity index (χ3n) is 5.01. The predicted octanol–water partition coefficient (Wildman–Crippen LogP) is 6.49. The highest BCUT2D eigenvalue weighted by molar-refractivity contribution is 7.80. The number of azo groups is 1. The number of fused-ring (bicyclic) bond motifs is 1. The highest BCUT2D eigenvalue weighted by atomic mass is 32.1. The van der Waals surface area contributed by atoms with E-state index in [1.807, 2.05) is 60.0 Å². The van der Waals surface area contributed by atoms with Crippen molar-refractivity contribution in [1.29, 1.82) is 0 Å². The number of rotatable bonds is 4. The van der Waals surface area contributed by atoms with E-state index in [0.717, 1.165) is 27.7 Å². The Morgan fingerprint density at radius 3 is 2.43 bits per heavy atom. The summed E-state index contributed by atoms with van der Waals surface area (Å²) in [6, 6.07) is 23.8. The van der Waals surface area contributed by atoms with Crippen LogP contribution in [0.1, 0.15) is 16.7 Å². The van der Waals surface area contributed by atoms with Crippen LogP contribution < -0.4 is 5.32 Å². The number of aryl methyl sites for hydroxylation is 2. The number of para-hydroxylation sites is 2. The first-order chi connectivity index (χ1) is 14.5. The molecule has 0 bridgehead atoms. The molecular formula is C24H22N4OS. The molecule has 0 atom stereocenters. The van der Waals surface area contributed by atoms with E-state index < -0.39 is 0 Å². The first kappa shape index (κ1) is 19.8. The maximum absolute atomic E-state index is 10.9. The lowest BCUT2D eigenvalue weighted by atomic mass is 10.1. The quantitative estimate of drug-likeness (QED) is 0.296. The fraction of sp³-hybridized carbons (Fsp3) is 0.125. The second-order valence-electron chi connectivity index (χ2n) is 7.21. The monoisotopic (exact) mass is 414 g/mol. The van der Waals surface area contributed by atoms with Crippen molar-refractivity contribution in [2.75, 3.05) is 5.32 Å². The van der Waals surface area contributed by atoms with E-state index in [9.17, 15) is 5.11 Å². The molecule has 4 rings (SSSR count). The van der Waals surface area contributed by atoms with Gasteiger partial charge in [-0.05, 0) is 49.3 Å². The Morgan fingerprint density at radius 2 is 1.67 bits per heavy atom. The summed E-state index contributed by atoms with van der Waals surface area (Å²) in [5.74, 6) is 0.0687. The molecule has 0 aliphatic heterocycles. The lowest BCUT2D eigenvalue weighted by Gasteiger charge is -2.07. The molecule has 0 saturated heterocycles. The second-order valence-corrected chi connectivity index (χ2v) is 7.59. The fourth-order valence-corrected chi connectivity index (χ4v) is 3.51. The number of aromatic hydroxyl groups is 1. The molecule has 2 N–H and O–H groups in total. The van der Waals surface area contributed by atoms with Crippen molar-refractivity contribution in [2.45, 2.75) is 20.4 Å². The SMILES string of the molecule is Cc1ccc(Cn2c(O)c(N=NC(=S)Nc3ccccc3C)c3ccccc32)cc1. The van der Waals surface area contributed by atoms with E-state index in [1.165, 1.54) is 5.56 Å². The molecule has 0 aliphatic carbocycles. The van der Waals surface area contributed by atoms with E-state index in [-0.39, 0.29) is 11.0 Å². The first-order valence-corrected chi connectivity index (χ1v) is 10.1. The molecule has 1 aromatic heterocycles. The average Bonchev–Trinajstić information content (AvgIpc) is 3.01. The van der Waals surface area contributed by atoms with Crippen molar-refractivity contribution >= 4 is 39.6 Å². The van der Waals surface area contributed by atoms with Gasteiger partial charge in [0.05, 0.1) is 12.1 Å². The second kappa shape index (κ2) is 8.47. The number of nitrogens with one attached hydrogen (secondary N) is 1. The fourth-order valence-electron chi connectivity index (χ4n) is 3.36. The number of aromatic nitrogens is 1. The maximum atomic E-state index is 10.9. The van der Waals surface area contributed by atoms with E-state index in [4.69, 9.17) is 12.2 Å². The lowest BCUT2D eigenvalue weighted by molar-refractivity contribution is 0.429. The van der Waals surface area contributed by atoms with Crippen molar-refractivity contribution in [3.63, 3.8) is 0 Å². The van der Waals surface area contributed by atoms with Gasteiger partial charge in [0.2, 0.25) is 11.0 Å². The van der Waals surface area contributed by atoms with E-state index in [1.54, 1.807) is 0 Å². The van der Waals surface area contributed by atoms with Gasteiger partial charge in [0.1, 0.15) is 0 Å². The van der Waals surface area contributed by atoms with Gasteiger partial charge in [-0.15, -0.1) is 10.2 Å². The molecule has 6 heteroatoms. The van der Waals surface area contributed by atoms with Crippen LogP contribution in [0.15, 0.2) is 83.0 Å². The zero-order valence-corrected chi connectivity index (χ0v) is 17.6. The maximum Gasteiger partial charge on any atom is 0.221 e. The van der Waals surface area contributed by atoms with Gasteiger partial charge in [-0.3, -0.25) is 0 Å². The van der Waals surface area contributed by atoms with E-state index in [0.29, 0.717) is 12.2 Å². The largest absolute Gasteiger partial charge is 0.493 e. The number of hydrogen-bond acceptors (Lipinski definition) is 3. The van der Waals surface area contributed by atoms with Crippen LogP contribution in [0, 0.1) is 13.8 Å². The zero-order chi connectivity index (χ0) is 21.1. The number of anilines is 1. The minimum absolute atomic E-state index is 0.0687. The molecule has 30 heavy (non-hydrogen) atoms. The van der Waals surface area contributed by atoms with Gasteiger partial charge in [0.15, 0.2) is 5.69 Å². The standard InChI is InChI=1S/C24H22N4OS/c1-16-11-13-18(14-12-16)15-28-21-10-6-4-8-19(21)22(23(28)29)26-27-24(30)25-20-9-5-3-7-17(20)2/h3-14,29H,15H2,1-2H3,(H,25,30). The summed E-state index contributed by atoms with van der Waals surface area (Å²) >= 11 is 5.32. The molecule has 1 heterocycles. The van der Waals surface area contributed by atoms with Crippen LogP contribution in [0.5, 0.6) is 5.88 Å². The summed E-state index contributed by atoms with van der Waals surface area (Å²) in [5, 5.41) is 23.5. The first-order valence-electron chi connectivity index (χ1n) is 9.67. The van der Waals surface area contributed by atoms with Crippen LogP contribution in [-0.2, 0) is 6.54 Å². The summed E-state index contributed by atoms with van der Waals surface area (Å²) in [5.41, 5.74) is 5.54. The van der Waals surface area contributed by atoms with Gasteiger partial charge in [0.25, 0.3) is 0 Å². The normalized spacial score (nSPS) is 11.3. The van der Waals surface area contributed by atoms with Gasteiger partial charge in [-0.25, -0.2) is 0 Å². The number of hydrogen-bond donors (Lipinski definition) is 2. The third-order valence-corrected chi connectivity index (χ3v) is 5.19. The zero-order valence-electron chi connectivity index (χ0n) is 16.8. The molecule has 0 unspecified atom stereocenters. The Hall–Kier alpha value is -3.51. The molecule has 5 nitrogen and oxygen atoms in total. The van der Waals surface area contributed by atoms with Crippen molar-refractivity contribution < 1.29 is 5.11 Å². The Morgan fingerprint density at radius 1 is 0.967 bits per heavy atom. The van der Waals surface area contributed by atoms with Gasteiger partial charge in [-0.2, -0.15) is 0 Å². The van der Waals surface area contributed by atoms with Crippen LogP contribution in [0.25, 0.3) is 10.9 Å². The van der Waals surface area contributed by atoms with Crippen molar-refractivity contribution in [3.05, 3.63) is 89.5 Å². The highest BCUT2D eigenvalue weighted by Gasteiger charge is 2.16. The van der Waals surface area contributed by atoms with E-state index in [2.05, 4.69) is 46.7 Å². The number of nitrogens with zero attached hydrogens (tertiary/aromatic N) is 3. The molecule has 0 fully saturated rings. The Bertz CT molecular complexity index is 1240. The summed E-state index contributed by atoms with van der Waals surface area (Å²) in [6.45, 7) is 4.58. The van der Waals surface area contributed by atoms with Crippen LogP contribution >= 0.6 is 12.2 Å². The number of benzene rings is 3. The van der Waals surface area contributed by atoms with Gasteiger partial charge in [-0.1, -0.05) is 66.2 Å². The Labute approximate surface area is 180 Å². The molecule has 0 radical (unpaired) electrons. The molecule has 4 aromatic rings. The van der Waals surface area contributed by atoms with E-state index >= 15 is 0 Å². The average molecular weight is 415 g/mol. The topological polar surface area (TPSA) is 61.9 Å². The van der Waals surface area contributed by atoms with Crippen LogP contribution in [0.3, 0.4) is 0 Å². The number of thiocarbonyl (C=S) groups is 1. The lowest BCUT2D eigenvalue weighted by Crippen LogP contribution is -2.06. The molecule has 3 aromatic carbocycles. The van der Waals surface area contributed by atoms with Crippen LogP contribution in [0.2, 0.25) is 0 Å². The molecule has 0 amide bonds. The minimum Gasteiger partial charge on any atom is -0.493 e. The summed E-state index contributed by atoms with van der Waals surface area (Å²) in [6.07, 6.45) is 0. The minimum atomic E-state index is 0.0687. The van der Waals surface area contributed by atoms with Crippen molar-refractivity contribution in [1.82, 2.24) is 4.57 Å². The van der Waals surface area contributed by atoms with Gasteiger partial charge < -0.3 is 15.0 Å². The van der Waals surface area contributed by atoms with Crippen molar-refractivity contribution in [2.24, 2.45) is 10.2 Å². The summed E-state index contributed by atoms with van der Waals surface area (Å²) in [7, 11) is 0. The van der Waals surface area contributed by atoms with Crippen molar-refractivity contribution in [3.8, 4) is 5.88 Å². The predicted molar refractivity (Wildman–Crippen MR) is 126 cm³/mol. The molecule has 0 saturated carbocycles. The summed E-state index contributed by atoms with van der Waals surface area (Å²) < 4.78 is 1.84. The molecule has 0 aliphatic rings. The van der Waals surface area contributed by atoms with Gasteiger partial charge in [0, 0.05) is 11.1 Å². The highest BCUT2D eigenvalue weighted by Crippen LogP contribution is 2.39. The molecular weight excluding hydrogens is 392 g/mol. The Kier molecular flexibility index (Phi) is 5.59. The Balaban J connectivity index is 1.65. The van der Waals surface area contributed by atoms with Gasteiger partial charge >= 0.3 is 0 Å². The molecule has 150 valence electrons. The smallest absolute Gasteiger partial charge is 0.221 e. The van der Waals surface area contributed by atoms with Crippen LogP contribution in [-0.4, -0.2) is 14.8 Å².